The lowest BCUT2D eigenvalue weighted by Crippen LogP contribution is -2.49. The average molecular weight is 374 g/mol. The van der Waals surface area contributed by atoms with E-state index >= 15 is 0 Å². The molecule has 2 aromatic heterocycles. The minimum atomic E-state index is -0.244. The topological polar surface area (TPSA) is 63.1 Å². The van der Waals surface area contributed by atoms with Crippen LogP contribution in [0.2, 0.25) is 0 Å². The molecule has 0 spiro atoms. The van der Waals surface area contributed by atoms with E-state index in [9.17, 15) is 4.79 Å². The van der Waals surface area contributed by atoms with Crippen LogP contribution in [-0.4, -0.2) is 43.6 Å². The molecule has 0 unspecified atom stereocenters. The molecule has 2 aliphatic heterocycles. The highest BCUT2D eigenvalue weighted by Gasteiger charge is 2.58. The van der Waals surface area contributed by atoms with Crippen molar-refractivity contribution in [1.82, 2.24) is 24.4 Å². The van der Waals surface area contributed by atoms with Gasteiger partial charge in [0.15, 0.2) is 0 Å². The van der Waals surface area contributed by atoms with E-state index in [0.29, 0.717) is 18.6 Å². The molecule has 1 amide bonds. The first-order valence-corrected chi connectivity index (χ1v) is 10.4. The van der Waals surface area contributed by atoms with Crippen molar-refractivity contribution in [2.24, 2.45) is 5.41 Å². The molecule has 140 valence electrons. The predicted octanol–water partition coefficient (Wildman–Crippen LogP) is 2.60. The number of aryl methyl sites for hydroxylation is 1. The van der Waals surface area contributed by atoms with E-state index in [1.54, 1.807) is 0 Å². The van der Waals surface area contributed by atoms with Crippen LogP contribution in [0.15, 0.2) is 23.8 Å². The number of hydrogen-bond acceptors (Lipinski definition) is 5. The number of amides is 1. The molecular weight excluding hydrogens is 346 g/mol. The van der Waals surface area contributed by atoms with Crippen LogP contribution in [0.25, 0.3) is 0 Å². The molecule has 7 heteroatoms. The Bertz CT molecular complexity index is 758. The summed E-state index contributed by atoms with van der Waals surface area (Å²) in [4.78, 5) is 15.7. The Morgan fingerprint density at radius 1 is 1.46 bits per heavy atom. The van der Waals surface area contributed by atoms with Gasteiger partial charge in [-0.05, 0) is 55.8 Å². The van der Waals surface area contributed by atoms with Gasteiger partial charge in [0.1, 0.15) is 0 Å². The highest BCUT2D eigenvalue weighted by atomic mass is 32.1. The van der Waals surface area contributed by atoms with Crippen LogP contribution < -0.4 is 5.32 Å². The largest absolute Gasteiger partial charge is 0.354 e. The van der Waals surface area contributed by atoms with Crippen LogP contribution in [0.5, 0.6) is 0 Å². The lowest BCUT2D eigenvalue weighted by atomic mass is 9.71. The Kier molecular flexibility index (Phi) is 4.84. The van der Waals surface area contributed by atoms with Gasteiger partial charge in [-0.3, -0.25) is 14.4 Å². The van der Waals surface area contributed by atoms with Crippen molar-refractivity contribution in [2.45, 2.75) is 64.7 Å². The van der Waals surface area contributed by atoms with Gasteiger partial charge in [0.2, 0.25) is 5.91 Å². The smallest absolute Gasteiger partial charge is 0.227 e. The quantitative estimate of drug-likeness (QED) is 0.810. The fourth-order valence-corrected chi connectivity index (χ4v) is 5.42. The van der Waals surface area contributed by atoms with Crippen LogP contribution >= 0.6 is 11.5 Å². The summed E-state index contributed by atoms with van der Waals surface area (Å²) in [6.45, 7) is 6.42. The van der Waals surface area contributed by atoms with Crippen molar-refractivity contribution in [3.63, 3.8) is 0 Å². The zero-order valence-electron chi connectivity index (χ0n) is 15.5. The Morgan fingerprint density at radius 3 is 3.04 bits per heavy atom. The Morgan fingerprint density at radius 2 is 2.35 bits per heavy atom. The number of nitrogens with zero attached hydrogens (tertiary/aromatic N) is 4. The molecule has 2 aromatic rings. The third kappa shape index (κ3) is 3.07. The molecule has 2 bridgehead atoms. The number of aromatic nitrogens is 3. The maximum absolute atomic E-state index is 13.2. The van der Waals surface area contributed by atoms with Crippen molar-refractivity contribution >= 4 is 17.4 Å². The highest BCUT2D eigenvalue weighted by Crippen LogP contribution is 2.52. The van der Waals surface area contributed by atoms with E-state index in [1.807, 2.05) is 30.1 Å². The molecule has 0 saturated carbocycles. The molecule has 2 aliphatic rings. The number of carbonyl (C=O) groups is 1. The average Bonchev–Trinajstić information content (AvgIpc) is 3.42. The molecule has 2 fully saturated rings. The summed E-state index contributed by atoms with van der Waals surface area (Å²) in [5, 5.41) is 9.71. The second kappa shape index (κ2) is 7.12. The van der Waals surface area contributed by atoms with E-state index in [4.69, 9.17) is 0 Å². The molecule has 6 nitrogen and oxygen atoms in total. The molecule has 4 rings (SSSR count). The van der Waals surface area contributed by atoms with E-state index < -0.39 is 0 Å². The predicted molar refractivity (Wildman–Crippen MR) is 102 cm³/mol. The van der Waals surface area contributed by atoms with Crippen molar-refractivity contribution in [1.29, 1.82) is 0 Å². The maximum atomic E-state index is 13.2. The third-order valence-electron chi connectivity index (χ3n) is 6.21. The summed E-state index contributed by atoms with van der Waals surface area (Å²) in [6.07, 6.45) is 8.15. The van der Waals surface area contributed by atoms with Crippen molar-refractivity contribution in [3.8, 4) is 0 Å². The van der Waals surface area contributed by atoms with Gasteiger partial charge in [-0.25, -0.2) is 4.37 Å². The van der Waals surface area contributed by atoms with Gasteiger partial charge in [0.05, 0.1) is 17.7 Å². The number of rotatable bonds is 7. The second-order valence-electron chi connectivity index (χ2n) is 7.64. The van der Waals surface area contributed by atoms with E-state index in [-0.39, 0.29) is 11.3 Å². The molecule has 26 heavy (non-hydrogen) atoms. The van der Waals surface area contributed by atoms with Crippen LogP contribution in [0.1, 0.15) is 43.9 Å². The first kappa shape index (κ1) is 17.7. The van der Waals surface area contributed by atoms with Gasteiger partial charge < -0.3 is 5.32 Å². The van der Waals surface area contributed by atoms with E-state index in [0.717, 1.165) is 38.0 Å². The molecule has 2 saturated heterocycles. The van der Waals surface area contributed by atoms with Gasteiger partial charge >= 0.3 is 0 Å². The second-order valence-corrected chi connectivity index (χ2v) is 8.30. The van der Waals surface area contributed by atoms with Crippen LogP contribution in [0, 0.1) is 12.3 Å². The van der Waals surface area contributed by atoms with E-state index in [1.165, 1.54) is 23.5 Å². The maximum Gasteiger partial charge on any atom is 0.227 e. The molecule has 0 aromatic carbocycles. The fourth-order valence-electron chi connectivity index (χ4n) is 4.89. The Hall–Kier alpha value is -1.73. The Labute approximate surface area is 158 Å². The molecule has 1 N–H and O–H groups in total. The van der Waals surface area contributed by atoms with Gasteiger partial charge in [0.25, 0.3) is 0 Å². The fraction of sp³-hybridized carbons (Fsp3) is 0.632. The van der Waals surface area contributed by atoms with Gasteiger partial charge in [0, 0.05) is 42.9 Å². The number of nitrogens with one attached hydrogen (secondary N) is 1. The summed E-state index contributed by atoms with van der Waals surface area (Å²) < 4.78 is 6.12. The number of hydrogen-bond donors (Lipinski definition) is 1. The Balaban J connectivity index is 1.41. The van der Waals surface area contributed by atoms with Crippen LogP contribution in [0.3, 0.4) is 0 Å². The zero-order valence-corrected chi connectivity index (χ0v) is 16.3. The molecule has 3 atom stereocenters. The van der Waals surface area contributed by atoms with Gasteiger partial charge in [-0.1, -0.05) is 6.92 Å². The lowest BCUT2D eigenvalue weighted by Gasteiger charge is -2.35. The van der Waals surface area contributed by atoms with Crippen LogP contribution in [-0.2, 0) is 17.9 Å². The highest BCUT2D eigenvalue weighted by molar-refractivity contribution is 7.03. The monoisotopic (exact) mass is 373 g/mol. The molecule has 0 radical (unpaired) electrons. The first-order valence-electron chi connectivity index (χ1n) is 9.55. The third-order valence-corrected chi connectivity index (χ3v) is 6.85. The van der Waals surface area contributed by atoms with Crippen LogP contribution in [0.4, 0.5) is 0 Å². The first-order chi connectivity index (χ1) is 12.6. The summed E-state index contributed by atoms with van der Waals surface area (Å²) in [7, 11) is 0. The molecular formula is C19H27N5OS. The minimum Gasteiger partial charge on any atom is -0.354 e. The standard InChI is InChI=1S/C19H27N5OS/c1-3-19(18(25)20-7-9-23-8-6-14(2)22-23)10-16-4-5-17(19)24(16)12-15-11-21-26-13-15/h6,8,11,13,16-17H,3-5,7,9-10,12H2,1-2H3,(H,20,25)/t16-,17+,19+/m0/s1. The summed E-state index contributed by atoms with van der Waals surface area (Å²) >= 11 is 1.50. The van der Waals surface area contributed by atoms with Gasteiger partial charge in [-0.2, -0.15) is 5.10 Å². The number of carbonyl (C=O) groups excluding carboxylic acids is 1. The number of fused-ring (bicyclic) bond motifs is 2. The molecule has 4 heterocycles. The lowest BCUT2D eigenvalue weighted by molar-refractivity contribution is -0.133. The van der Waals surface area contributed by atoms with Crippen molar-refractivity contribution in [2.75, 3.05) is 6.54 Å². The minimum absolute atomic E-state index is 0.226. The SMILES string of the molecule is CC[C@@]1(C(=O)NCCn2ccc(C)n2)C[C@@H]2CC[C@H]1N2Cc1cnsc1. The van der Waals surface area contributed by atoms with Gasteiger partial charge in [-0.15, -0.1) is 0 Å². The summed E-state index contributed by atoms with van der Waals surface area (Å²) in [6, 6.07) is 2.87. The summed E-state index contributed by atoms with van der Waals surface area (Å²) in [5.41, 5.74) is 2.04. The van der Waals surface area contributed by atoms with E-state index in [2.05, 4.69) is 32.0 Å². The molecule has 0 aliphatic carbocycles. The summed E-state index contributed by atoms with van der Waals surface area (Å²) in [5.74, 6) is 0.226. The van der Waals surface area contributed by atoms with Crippen molar-refractivity contribution < 1.29 is 4.79 Å². The van der Waals surface area contributed by atoms with Crippen molar-refractivity contribution in [3.05, 3.63) is 35.1 Å². The zero-order chi connectivity index (χ0) is 18.1. The normalized spacial score (nSPS) is 27.9.